The predicted octanol–water partition coefficient (Wildman–Crippen LogP) is 3.32. The van der Waals surface area contributed by atoms with E-state index in [4.69, 9.17) is 4.74 Å². The molecule has 25 heavy (non-hydrogen) atoms. The van der Waals surface area contributed by atoms with Crippen molar-refractivity contribution in [2.45, 2.75) is 44.3 Å². The summed E-state index contributed by atoms with van der Waals surface area (Å²) in [6, 6.07) is 12.3. The maximum absolute atomic E-state index is 12.9. The van der Waals surface area contributed by atoms with Crippen molar-refractivity contribution in [3.05, 3.63) is 65.5 Å². The zero-order valence-electron chi connectivity index (χ0n) is 14.4. The Morgan fingerprint density at radius 2 is 1.96 bits per heavy atom. The van der Waals surface area contributed by atoms with E-state index in [2.05, 4.69) is 23.2 Å². The van der Waals surface area contributed by atoms with Crippen LogP contribution in [-0.4, -0.2) is 35.0 Å². The number of benzene rings is 1. The summed E-state index contributed by atoms with van der Waals surface area (Å²) in [7, 11) is 0. The van der Waals surface area contributed by atoms with Gasteiger partial charge >= 0.3 is 0 Å². The largest absolute Gasteiger partial charge is 0.373 e. The number of pyridine rings is 1. The molecular formula is C21H24N2O2. The van der Waals surface area contributed by atoms with E-state index in [1.54, 1.807) is 6.20 Å². The molecule has 0 radical (unpaired) electrons. The third-order valence-corrected chi connectivity index (χ3v) is 5.39. The highest BCUT2D eigenvalue weighted by Crippen LogP contribution is 2.34. The normalized spacial score (nSPS) is 20.5. The highest BCUT2D eigenvalue weighted by Gasteiger charge is 2.33. The van der Waals surface area contributed by atoms with Gasteiger partial charge in [0.15, 0.2) is 0 Å². The molecule has 0 unspecified atom stereocenters. The lowest BCUT2D eigenvalue weighted by atomic mass is 9.98. The molecule has 0 saturated carbocycles. The molecule has 2 aromatic rings. The number of hydrogen-bond donors (Lipinski definition) is 0. The second kappa shape index (κ2) is 7.36. The maximum Gasteiger partial charge on any atom is 0.230 e. The van der Waals surface area contributed by atoms with Crippen molar-refractivity contribution in [2.24, 2.45) is 0 Å². The van der Waals surface area contributed by atoms with Crippen LogP contribution in [-0.2, 0) is 22.6 Å². The number of piperidine rings is 1. The number of aryl methyl sites for hydroxylation is 1. The Bertz CT molecular complexity index is 724. The number of ether oxygens (including phenoxy) is 1. The third kappa shape index (κ3) is 3.59. The summed E-state index contributed by atoms with van der Waals surface area (Å²) in [4.78, 5) is 19.1. The first-order valence-corrected chi connectivity index (χ1v) is 9.18. The summed E-state index contributed by atoms with van der Waals surface area (Å²) in [6.07, 6.45) is 7.67. The predicted molar refractivity (Wildman–Crippen MR) is 96.1 cm³/mol. The molecule has 1 aromatic carbocycles. The number of carbonyl (C=O) groups is 1. The second-order valence-corrected chi connectivity index (χ2v) is 6.99. The number of likely N-dealkylation sites (tertiary alicyclic amines) is 1. The summed E-state index contributed by atoms with van der Waals surface area (Å²) >= 11 is 0. The quantitative estimate of drug-likeness (QED) is 0.860. The lowest BCUT2D eigenvalue weighted by Gasteiger charge is -2.33. The van der Waals surface area contributed by atoms with E-state index in [9.17, 15) is 4.79 Å². The summed E-state index contributed by atoms with van der Waals surface area (Å²) in [5.41, 5.74) is 3.68. The number of carbonyl (C=O) groups excluding carboxylic acids is 1. The van der Waals surface area contributed by atoms with Gasteiger partial charge in [0.05, 0.1) is 18.6 Å². The average Bonchev–Trinajstić information content (AvgIpc) is 3.11. The molecule has 4 nitrogen and oxygen atoms in total. The van der Waals surface area contributed by atoms with Gasteiger partial charge in [0.25, 0.3) is 0 Å². The van der Waals surface area contributed by atoms with E-state index in [1.807, 2.05) is 29.3 Å². The van der Waals surface area contributed by atoms with E-state index in [0.717, 1.165) is 44.3 Å². The van der Waals surface area contributed by atoms with Crippen molar-refractivity contribution in [3.8, 4) is 0 Å². The van der Waals surface area contributed by atoms with Gasteiger partial charge in [0.1, 0.15) is 0 Å². The molecule has 1 aliphatic heterocycles. The molecule has 0 N–H and O–H groups in total. The van der Waals surface area contributed by atoms with Gasteiger partial charge in [-0.3, -0.25) is 9.78 Å². The van der Waals surface area contributed by atoms with Crippen molar-refractivity contribution >= 4 is 5.91 Å². The molecule has 1 aliphatic carbocycles. The first-order valence-electron chi connectivity index (χ1n) is 9.18. The number of hydrogen-bond acceptors (Lipinski definition) is 3. The fraction of sp³-hybridized carbons (Fsp3) is 0.429. The molecule has 0 bridgehead atoms. The maximum atomic E-state index is 12.9. The van der Waals surface area contributed by atoms with Crippen molar-refractivity contribution in [3.63, 3.8) is 0 Å². The van der Waals surface area contributed by atoms with Gasteiger partial charge < -0.3 is 9.64 Å². The minimum atomic E-state index is 0.0593. The standard InChI is InChI=1S/C21H24N2O2/c24-21(20-8-7-17-5-1-2-6-19(17)20)23-12-9-18(10-13-23)25-15-16-4-3-11-22-14-16/h1-6,11,14,18,20H,7-10,12-13,15H2/t20-/m0/s1. The van der Waals surface area contributed by atoms with Crippen molar-refractivity contribution in [2.75, 3.05) is 13.1 Å². The Labute approximate surface area is 148 Å². The molecular weight excluding hydrogens is 312 g/mol. The van der Waals surface area contributed by atoms with Crippen molar-refractivity contribution in [1.29, 1.82) is 0 Å². The van der Waals surface area contributed by atoms with Gasteiger partial charge in [0.2, 0.25) is 5.91 Å². The van der Waals surface area contributed by atoms with Crippen LogP contribution >= 0.6 is 0 Å². The fourth-order valence-electron chi connectivity index (χ4n) is 3.97. The molecule has 1 aromatic heterocycles. The molecule has 1 amide bonds. The van der Waals surface area contributed by atoms with Gasteiger partial charge in [-0.15, -0.1) is 0 Å². The summed E-state index contributed by atoms with van der Waals surface area (Å²) in [5, 5.41) is 0. The summed E-state index contributed by atoms with van der Waals surface area (Å²) < 4.78 is 6.00. The molecule has 0 spiro atoms. The Morgan fingerprint density at radius 3 is 2.76 bits per heavy atom. The molecule has 4 heteroatoms. The minimum Gasteiger partial charge on any atom is -0.373 e. The first-order chi connectivity index (χ1) is 12.3. The fourth-order valence-corrected chi connectivity index (χ4v) is 3.97. The Morgan fingerprint density at radius 1 is 1.12 bits per heavy atom. The Hall–Kier alpha value is -2.20. The molecule has 1 atom stereocenters. The lowest BCUT2D eigenvalue weighted by molar-refractivity contribution is -0.135. The van der Waals surface area contributed by atoms with Crippen LogP contribution < -0.4 is 0 Å². The van der Waals surface area contributed by atoms with Crippen LogP contribution in [0.4, 0.5) is 0 Å². The van der Waals surface area contributed by atoms with Gasteiger partial charge in [-0.1, -0.05) is 30.3 Å². The van der Waals surface area contributed by atoms with E-state index >= 15 is 0 Å². The van der Waals surface area contributed by atoms with Gasteiger partial charge in [-0.05, 0) is 48.4 Å². The summed E-state index contributed by atoms with van der Waals surface area (Å²) in [6.45, 7) is 2.20. The zero-order chi connectivity index (χ0) is 17.1. The first kappa shape index (κ1) is 16.3. The highest BCUT2D eigenvalue weighted by atomic mass is 16.5. The highest BCUT2D eigenvalue weighted by molar-refractivity contribution is 5.85. The zero-order valence-corrected chi connectivity index (χ0v) is 14.4. The molecule has 1 fully saturated rings. The second-order valence-electron chi connectivity index (χ2n) is 6.99. The number of aromatic nitrogens is 1. The number of fused-ring (bicyclic) bond motifs is 1. The van der Waals surface area contributed by atoms with Crippen LogP contribution in [0.2, 0.25) is 0 Å². The minimum absolute atomic E-state index is 0.0593. The Kier molecular flexibility index (Phi) is 4.79. The van der Waals surface area contributed by atoms with E-state index in [1.165, 1.54) is 11.1 Å². The Balaban J connectivity index is 1.29. The average molecular weight is 336 g/mol. The van der Waals surface area contributed by atoms with Crippen molar-refractivity contribution < 1.29 is 9.53 Å². The molecule has 130 valence electrons. The molecule has 2 aliphatic rings. The van der Waals surface area contributed by atoms with Crippen LogP contribution in [0.1, 0.15) is 41.9 Å². The van der Waals surface area contributed by atoms with Crippen LogP contribution in [0.25, 0.3) is 0 Å². The molecule has 2 heterocycles. The van der Waals surface area contributed by atoms with Gasteiger partial charge in [-0.2, -0.15) is 0 Å². The number of rotatable bonds is 4. The topological polar surface area (TPSA) is 42.4 Å². The lowest BCUT2D eigenvalue weighted by Crippen LogP contribution is -2.42. The van der Waals surface area contributed by atoms with Crippen LogP contribution in [0.3, 0.4) is 0 Å². The van der Waals surface area contributed by atoms with Gasteiger partial charge in [0, 0.05) is 25.5 Å². The van der Waals surface area contributed by atoms with E-state index in [-0.39, 0.29) is 12.0 Å². The number of nitrogens with zero attached hydrogens (tertiary/aromatic N) is 2. The molecule has 1 saturated heterocycles. The SMILES string of the molecule is O=C([C@H]1CCc2ccccc21)N1CCC(OCc2cccnc2)CC1. The van der Waals surface area contributed by atoms with Crippen LogP contribution in [0.5, 0.6) is 0 Å². The van der Waals surface area contributed by atoms with Gasteiger partial charge in [-0.25, -0.2) is 0 Å². The number of amides is 1. The van der Waals surface area contributed by atoms with Crippen molar-refractivity contribution in [1.82, 2.24) is 9.88 Å². The summed E-state index contributed by atoms with van der Waals surface area (Å²) in [5.74, 6) is 0.361. The van der Waals surface area contributed by atoms with Crippen LogP contribution in [0.15, 0.2) is 48.8 Å². The van der Waals surface area contributed by atoms with E-state index in [0.29, 0.717) is 12.5 Å². The monoisotopic (exact) mass is 336 g/mol. The third-order valence-electron chi connectivity index (χ3n) is 5.39. The van der Waals surface area contributed by atoms with Crippen LogP contribution in [0, 0.1) is 0 Å². The molecule has 4 rings (SSSR count). The smallest absolute Gasteiger partial charge is 0.230 e. The van der Waals surface area contributed by atoms with E-state index < -0.39 is 0 Å².